The zero-order valence-electron chi connectivity index (χ0n) is 8.52. The first kappa shape index (κ1) is 9.62. The third-order valence-electron chi connectivity index (χ3n) is 3.36. The van der Waals surface area contributed by atoms with Crippen molar-refractivity contribution in [3.05, 3.63) is 12.3 Å². The molecule has 1 N–H and O–H groups in total. The summed E-state index contributed by atoms with van der Waals surface area (Å²) in [6, 6.07) is 1.49. The molecule has 16 heavy (non-hydrogen) atoms. The highest BCUT2D eigenvalue weighted by Gasteiger charge is 2.69. The second-order valence-electron chi connectivity index (χ2n) is 4.85. The number of aromatic nitrogens is 2. The summed E-state index contributed by atoms with van der Waals surface area (Å²) < 4.78 is 19.3. The molecule has 0 radical (unpaired) electrons. The van der Waals surface area contributed by atoms with E-state index in [4.69, 9.17) is 9.84 Å². The van der Waals surface area contributed by atoms with E-state index in [0.29, 0.717) is 25.9 Å². The monoisotopic (exact) mass is 226 g/mol. The van der Waals surface area contributed by atoms with E-state index < -0.39 is 11.8 Å². The van der Waals surface area contributed by atoms with E-state index in [9.17, 15) is 9.18 Å². The van der Waals surface area contributed by atoms with Gasteiger partial charge in [0, 0.05) is 17.7 Å². The fourth-order valence-corrected chi connectivity index (χ4v) is 2.73. The van der Waals surface area contributed by atoms with Gasteiger partial charge in [0.15, 0.2) is 0 Å². The first-order valence-corrected chi connectivity index (χ1v) is 5.11. The quantitative estimate of drug-likeness (QED) is 0.851. The van der Waals surface area contributed by atoms with Crippen LogP contribution in [0.25, 0.3) is 0 Å². The maximum absolute atomic E-state index is 13.2. The molecule has 3 aliphatic rings. The Bertz CT molecular complexity index is 437. The maximum Gasteiger partial charge on any atom is 0.432 e. The van der Waals surface area contributed by atoms with Crippen LogP contribution in [0.2, 0.25) is 0 Å². The van der Waals surface area contributed by atoms with Crippen molar-refractivity contribution >= 4 is 6.09 Å². The highest BCUT2D eigenvalue weighted by Crippen LogP contribution is 2.69. The number of hydrogen-bond acceptors (Lipinski definition) is 3. The molecule has 1 aromatic heterocycles. The highest BCUT2D eigenvalue weighted by atomic mass is 19.1. The molecule has 0 unspecified atom stereocenters. The van der Waals surface area contributed by atoms with E-state index in [2.05, 4.69) is 5.10 Å². The summed E-state index contributed by atoms with van der Waals surface area (Å²) in [5, 5.41) is 12.3. The maximum atomic E-state index is 13.2. The molecule has 3 fully saturated rings. The van der Waals surface area contributed by atoms with Gasteiger partial charge in [0.25, 0.3) is 0 Å². The summed E-state index contributed by atoms with van der Waals surface area (Å²) in [4.78, 5) is 10.5. The van der Waals surface area contributed by atoms with E-state index in [-0.39, 0.29) is 11.3 Å². The van der Waals surface area contributed by atoms with Crippen LogP contribution >= 0.6 is 0 Å². The molecular weight excluding hydrogens is 215 g/mol. The third kappa shape index (κ3) is 1.29. The predicted molar refractivity (Wildman–Crippen MR) is 51.3 cm³/mol. The van der Waals surface area contributed by atoms with Gasteiger partial charge >= 0.3 is 6.09 Å². The van der Waals surface area contributed by atoms with Gasteiger partial charge in [0.2, 0.25) is 5.88 Å². The fraction of sp³-hybridized carbons (Fsp3) is 0.600. The lowest BCUT2D eigenvalue weighted by Crippen LogP contribution is -2.66. The van der Waals surface area contributed by atoms with Crippen LogP contribution < -0.4 is 4.74 Å². The zero-order chi connectivity index (χ0) is 11.4. The zero-order valence-corrected chi connectivity index (χ0v) is 8.52. The molecule has 86 valence electrons. The molecular formula is C10H11FN2O3. The Kier molecular flexibility index (Phi) is 1.65. The fourth-order valence-electron chi connectivity index (χ4n) is 2.73. The third-order valence-corrected chi connectivity index (χ3v) is 3.36. The van der Waals surface area contributed by atoms with Gasteiger partial charge in [-0.1, -0.05) is 0 Å². The van der Waals surface area contributed by atoms with Gasteiger partial charge in [-0.05, 0) is 19.3 Å². The smallest absolute Gasteiger partial charge is 0.432 e. The Morgan fingerprint density at radius 2 is 2.31 bits per heavy atom. The van der Waals surface area contributed by atoms with Gasteiger partial charge in [-0.3, -0.25) is 0 Å². The van der Waals surface area contributed by atoms with Gasteiger partial charge in [-0.25, -0.2) is 9.18 Å². The minimum absolute atomic E-state index is 0.0121. The average molecular weight is 226 g/mol. The molecule has 0 saturated heterocycles. The number of ether oxygens (including phenoxy) is 1. The number of hydrogen-bond donors (Lipinski definition) is 1. The average Bonchev–Trinajstić information content (AvgIpc) is 2.57. The van der Waals surface area contributed by atoms with Gasteiger partial charge in [0.05, 0.1) is 6.61 Å². The Labute approximate surface area is 90.8 Å². The largest absolute Gasteiger partial charge is 0.476 e. The SMILES string of the molecule is O=C(O)n1ccc(OCC23CC(F)(C2)C3)n1. The molecule has 0 amide bonds. The van der Waals surface area contributed by atoms with Crippen LogP contribution in [0.4, 0.5) is 9.18 Å². The number of halogens is 1. The number of rotatable bonds is 3. The first-order valence-electron chi connectivity index (χ1n) is 5.11. The van der Waals surface area contributed by atoms with Crippen LogP contribution in [0, 0.1) is 5.41 Å². The lowest BCUT2D eigenvalue weighted by Gasteiger charge is -2.65. The van der Waals surface area contributed by atoms with Gasteiger partial charge in [-0.2, -0.15) is 4.68 Å². The standard InChI is InChI=1S/C10H11FN2O3/c11-10-3-9(4-10,5-10)6-16-7-1-2-13(12-7)8(14)15/h1-2H,3-6H2,(H,14,15). The van der Waals surface area contributed by atoms with Crippen molar-refractivity contribution in [1.29, 1.82) is 0 Å². The summed E-state index contributed by atoms with van der Waals surface area (Å²) >= 11 is 0. The Balaban J connectivity index is 1.57. The molecule has 0 atom stereocenters. The highest BCUT2D eigenvalue weighted by molar-refractivity contribution is 5.66. The second kappa shape index (κ2) is 2.75. The lowest BCUT2D eigenvalue weighted by atomic mass is 9.43. The van der Waals surface area contributed by atoms with Crippen molar-refractivity contribution in [2.45, 2.75) is 24.9 Å². The van der Waals surface area contributed by atoms with Crippen molar-refractivity contribution < 1.29 is 19.0 Å². The topological polar surface area (TPSA) is 64.3 Å². The molecule has 0 aromatic carbocycles. The molecule has 0 aliphatic heterocycles. The molecule has 0 spiro atoms. The van der Waals surface area contributed by atoms with E-state index in [1.807, 2.05) is 0 Å². The summed E-state index contributed by atoms with van der Waals surface area (Å²) in [5.41, 5.74) is -0.939. The summed E-state index contributed by atoms with van der Waals surface area (Å²) in [7, 11) is 0. The number of alkyl halides is 1. The van der Waals surface area contributed by atoms with Crippen LogP contribution in [0.1, 0.15) is 19.3 Å². The van der Waals surface area contributed by atoms with Crippen LogP contribution in [-0.2, 0) is 0 Å². The van der Waals surface area contributed by atoms with Crippen LogP contribution in [0.5, 0.6) is 5.88 Å². The Morgan fingerprint density at radius 1 is 1.62 bits per heavy atom. The molecule has 4 rings (SSSR count). The molecule has 5 nitrogen and oxygen atoms in total. The van der Waals surface area contributed by atoms with E-state index in [0.717, 1.165) is 4.68 Å². The number of nitrogens with zero attached hydrogens (tertiary/aromatic N) is 2. The first-order chi connectivity index (χ1) is 7.50. The van der Waals surface area contributed by atoms with Crippen molar-refractivity contribution in [3.8, 4) is 5.88 Å². The molecule has 1 heterocycles. The van der Waals surface area contributed by atoms with Gasteiger partial charge < -0.3 is 9.84 Å². The second-order valence-corrected chi connectivity index (χ2v) is 4.85. The predicted octanol–water partition coefficient (Wildman–Crippen LogP) is 1.68. The number of carbonyl (C=O) groups is 1. The normalized spacial score (nSPS) is 35.1. The number of carboxylic acid groups (broad SMARTS) is 1. The summed E-state index contributed by atoms with van der Waals surface area (Å²) in [6.07, 6.45) is 1.87. The van der Waals surface area contributed by atoms with Gasteiger partial charge in [0.1, 0.15) is 5.67 Å². The van der Waals surface area contributed by atoms with Crippen molar-refractivity contribution in [1.82, 2.24) is 9.78 Å². The van der Waals surface area contributed by atoms with E-state index >= 15 is 0 Å². The van der Waals surface area contributed by atoms with Crippen LogP contribution in [0.3, 0.4) is 0 Å². The summed E-state index contributed by atoms with van der Waals surface area (Å²) in [6.45, 7) is 0.426. The van der Waals surface area contributed by atoms with Gasteiger partial charge in [-0.15, -0.1) is 5.10 Å². The van der Waals surface area contributed by atoms with Crippen LogP contribution in [0.15, 0.2) is 12.3 Å². The molecule has 1 aromatic rings. The Morgan fingerprint density at radius 3 is 2.81 bits per heavy atom. The molecule has 6 heteroatoms. The van der Waals surface area contributed by atoms with E-state index in [1.165, 1.54) is 12.3 Å². The molecule has 3 saturated carbocycles. The minimum Gasteiger partial charge on any atom is -0.476 e. The van der Waals surface area contributed by atoms with Crippen molar-refractivity contribution in [3.63, 3.8) is 0 Å². The molecule has 3 aliphatic carbocycles. The van der Waals surface area contributed by atoms with Crippen molar-refractivity contribution in [2.75, 3.05) is 6.61 Å². The Hall–Kier alpha value is -1.59. The summed E-state index contributed by atoms with van der Waals surface area (Å²) in [5.74, 6) is 0.278. The van der Waals surface area contributed by atoms with Crippen molar-refractivity contribution in [2.24, 2.45) is 5.41 Å². The lowest BCUT2D eigenvalue weighted by molar-refractivity contribution is -0.226. The molecule has 2 bridgehead atoms. The minimum atomic E-state index is -1.15. The van der Waals surface area contributed by atoms with Crippen LogP contribution in [-0.4, -0.2) is 33.3 Å². The van der Waals surface area contributed by atoms with E-state index in [1.54, 1.807) is 0 Å².